The molecule has 1 fully saturated rings. The van der Waals surface area contributed by atoms with Gasteiger partial charge in [-0.05, 0) is 56.2 Å². The highest BCUT2D eigenvalue weighted by atomic mass is 16.5. The Morgan fingerprint density at radius 1 is 1.16 bits per heavy atom. The molecule has 0 saturated carbocycles. The molecule has 0 radical (unpaired) electrons. The average Bonchev–Trinajstić information content (AvgIpc) is 3.22. The van der Waals surface area contributed by atoms with Gasteiger partial charge in [0.1, 0.15) is 24.4 Å². The highest BCUT2D eigenvalue weighted by molar-refractivity contribution is 5.87. The van der Waals surface area contributed by atoms with E-state index in [1.54, 1.807) is 17.2 Å². The van der Waals surface area contributed by atoms with Gasteiger partial charge < -0.3 is 14.4 Å². The van der Waals surface area contributed by atoms with Crippen LogP contribution in [0.4, 0.5) is 5.82 Å². The Morgan fingerprint density at radius 3 is 2.65 bits per heavy atom. The number of piperidine rings is 1. The van der Waals surface area contributed by atoms with Gasteiger partial charge >= 0.3 is 5.97 Å². The molecule has 8 heteroatoms. The van der Waals surface area contributed by atoms with Gasteiger partial charge in [-0.3, -0.25) is 4.79 Å². The summed E-state index contributed by atoms with van der Waals surface area (Å²) in [6.07, 6.45) is 7.85. The maximum Gasteiger partial charge on any atom is 0.327 e. The molecule has 164 valence electrons. The Kier molecular flexibility index (Phi) is 6.64. The van der Waals surface area contributed by atoms with Crippen molar-refractivity contribution >= 4 is 22.8 Å². The molecule has 0 aliphatic carbocycles. The van der Waals surface area contributed by atoms with E-state index in [1.807, 2.05) is 6.92 Å². The molecular formula is C23H29N5O3. The van der Waals surface area contributed by atoms with Gasteiger partial charge in [-0.15, -0.1) is 0 Å². The molecule has 2 aromatic heterocycles. The fourth-order valence-corrected chi connectivity index (χ4v) is 4.16. The lowest BCUT2D eigenvalue weighted by atomic mass is 9.90. The number of carbonyl (C=O) groups excluding carboxylic acids is 1. The van der Waals surface area contributed by atoms with Crippen LogP contribution < -0.4 is 9.64 Å². The second kappa shape index (κ2) is 9.76. The SMILES string of the molecule is CCOc1ccc(CCC2CCN(c3ncnc4c3cnn4CC(=O)OC)CC2)cc1. The van der Waals surface area contributed by atoms with E-state index in [2.05, 4.69) is 44.2 Å². The minimum absolute atomic E-state index is 0.0457. The van der Waals surface area contributed by atoms with Crippen LogP contribution in [0.3, 0.4) is 0 Å². The number of esters is 1. The van der Waals surface area contributed by atoms with E-state index in [-0.39, 0.29) is 12.5 Å². The molecule has 1 saturated heterocycles. The lowest BCUT2D eigenvalue weighted by molar-refractivity contribution is -0.141. The summed E-state index contributed by atoms with van der Waals surface area (Å²) in [4.78, 5) is 22.8. The highest BCUT2D eigenvalue weighted by Crippen LogP contribution is 2.29. The zero-order valence-corrected chi connectivity index (χ0v) is 18.2. The molecule has 3 aromatic rings. The van der Waals surface area contributed by atoms with E-state index in [1.165, 1.54) is 19.1 Å². The summed E-state index contributed by atoms with van der Waals surface area (Å²) in [7, 11) is 1.37. The van der Waals surface area contributed by atoms with Crippen molar-refractivity contribution in [3.05, 3.63) is 42.4 Å². The fourth-order valence-electron chi connectivity index (χ4n) is 4.16. The highest BCUT2D eigenvalue weighted by Gasteiger charge is 2.23. The van der Waals surface area contributed by atoms with E-state index < -0.39 is 0 Å². The van der Waals surface area contributed by atoms with Gasteiger partial charge in [-0.2, -0.15) is 5.10 Å². The predicted molar refractivity (Wildman–Crippen MR) is 118 cm³/mol. The first-order valence-electron chi connectivity index (χ1n) is 10.9. The average molecular weight is 424 g/mol. The topological polar surface area (TPSA) is 82.4 Å². The number of nitrogens with zero attached hydrogens (tertiary/aromatic N) is 5. The number of methoxy groups -OCH3 is 1. The van der Waals surface area contributed by atoms with Crippen molar-refractivity contribution in [1.29, 1.82) is 0 Å². The van der Waals surface area contributed by atoms with Crippen molar-refractivity contribution in [3.63, 3.8) is 0 Å². The molecule has 0 atom stereocenters. The summed E-state index contributed by atoms with van der Waals surface area (Å²) < 4.78 is 11.8. The van der Waals surface area contributed by atoms with Gasteiger partial charge in [0.2, 0.25) is 0 Å². The summed E-state index contributed by atoms with van der Waals surface area (Å²) in [5.41, 5.74) is 2.02. The van der Waals surface area contributed by atoms with Crippen molar-refractivity contribution in [2.24, 2.45) is 5.92 Å². The molecule has 0 amide bonds. The van der Waals surface area contributed by atoms with Crippen molar-refractivity contribution in [2.45, 2.75) is 39.2 Å². The van der Waals surface area contributed by atoms with Gasteiger partial charge in [0, 0.05) is 13.1 Å². The van der Waals surface area contributed by atoms with Crippen LogP contribution in [0.2, 0.25) is 0 Å². The number of anilines is 1. The lowest BCUT2D eigenvalue weighted by Crippen LogP contribution is -2.34. The third-order valence-electron chi connectivity index (χ3n) is 5.91. The van der Waals surface area contributed by atoms with Crippen molar-refractivity contribution in [1.82, 2.24) is 19.7 Å². The molecule has 0 spiro atoms. The lowest BCUT2D eigenvalue weighted by Gasteiger charge is -2.33. The third-order valence-corrected chi connectivity index (χ3v) is 5.91. The molecule has 1 aromatic carbocycles. The number of aromatic nitrogens is 4. The number of hydrogen-bond donors (Lipinski definition) is 0. The molecule has 1 aliphatic rings. The van der Waals surface area contributed by atoms with E-state index in [0.717, 1.165) is 49.3 Å². The Hall–Kier alpha value is -3.16. The maximum absolute atomic E-state index is 11.6. The molecule has 0 bridgehead atoms. The first-order valence-corrected chi connectivity index (χ1v) is 10.9. The Bertz CT molecular complexity index is 1010. The molecule has 1 aliphatic heterocycles. The van der Waals surface area contributed by atoms with Gasteiger partial charge in [0.05, 0.1) is 25.3 Å². The summed E-state index contributed by atoms with van der Waals surface area (Å²) in [5, 5.41) is 5.19. The van der Waals surface area contributed by atoms with E-state index >= 15 is 0 Å². The first-order chi connectivity index (χ1) is 15.2. The fraction of sp³-hybridized carbons (Fsp3) is 0.478. The van der Waals surface area contributed by atoms with Gasteiger partial charge in [0.15, 0.2) is 5.65 Å². The summed E-state index contributed by atoms with van der Waals surface area (Å²) in [6.45, 7) is 4.67. The van der Waals surface area contributed by atoms with Gasteiger partial charge in [0.25, 0.3) is 0 Å². The quantitative estimate of drug-likeness (QED) is 0.514. The number of rotatable bonds is 8. The van der Waals surface area contributed by atoms with E-state index in [9.17, 15) is 4.79 Å². The minimum Gasteiger partial charge on any atom is -0.494 e. The van der Waals surface area contributed by atoms with Crippen molar-refractivity contribution in [2.75, 3.05) is 31.7 Å². The second-order valence-corrected chi connectivity index (χ2v) is 7.86. The first kappa shape index (κ1) is 21.1. The third kappa shape index (κ3) is 4.95. The van der Waals surface area contributed by atoms with Crippen molar-refractivity contribution < 1.29 is 14.3 Å². The smallest absolute Gasteiger partial charge is 0.327 e. The molecule has 31 heavy (non-hydrogen) atoms. The zero-order chi connectivity index (χ0) is 21.6. The van der Waals surface area contributed by atoms with Crippen LogP contribution in [0.25, 0.3) is 11.0 Å². The second-order valence-electron chi connectivity index (χ2n) is 7.86. The number of hydrogen-bond acceptors (Lipinski definition) is 7. The van der Waals surface area contributed by atoms with Crippen LogP contribution in [-0.2, 0) is 22.5 Å². The number of fused-ring (bicyclic) bond motifs is 1. The van der Waals surface area contributed by atoms with E-state index in [4.69, 9.17) is 9.47 Å². The normalized spacial score (nSPS) is 14.7. The van der Waals surface area contributed by atoms with Gasteiger partial charge in [-0.1, -0.05) is 12.1 Å². The van der Waals surface area contributed by atoms with Crippen LogP contribution in [-0.4, -0.2) is 52.5 Å². The van der Waals surface area contributed by atoms with Crippen molar-refractivity contribution in [3.8, 4) is 5.75 Å². The van der Waals surface area contributed by atoms with Crippen LogP contribution in [0.5, 0.6) is 5.75 Å². The summed E-state index contributed by atoms with van der Waals surface area (Å²) in [6, 6.07) is 8.46. The molecule has 0 N–H and O–H groups in total. The predicted octanol–water partition coefficient (Wildman–Crippen LogP) is 3.25. The monoisotopic (exact) mass is 423 g/mol. The maximum atomic E-state index is 11.6. The largest absolute Gasteiger partial charge is 0.494 e. The Balaban J connectivity index is 1.34. The molecule has 3 heterocycles. The van der Waals surface area contributed by atoms with Crippen LogP contribution >= 0.6 is 0 Å². The molecule has 4 rings (SSSR count). The summed E-state index contributed by atoms with van der Waals surface area (Å²) in [5.74, 6) is 2.19. The van der Waals surface area contributed by atoms with Gasteiger partial charge in [-0.25, -0.2) is 14.6 Å². The van der Waals surface area contributed by atoms with E-state index in [0.29, 0.717) is 18.2 Å². The minimum atomic E-state index is -0.349. The van der Waals surface area contributed by atoms with Crippen LogP contribution in [0, 0.1) is 5.92 Å². The van der Waals surface area contributed by atoms with Crippen LogP contribution in [0.1, 0.15) is 31.7 Å². The van der Waals surface area contributed by atoms with Crippen LogP contribution in [0.15, 0.2) is 36.8 Å². The number of carbonyl (C=O) groups is 1. The summed E-state index contributed by atoms with van der Waals surface area (Å²) >= 11 is 0. The Morgan fingerprint density at radius 2 is 1.94 bits per heavy atom. The number of benzene rings is 1. The molecule has 0 unspecified atom stereocenters. The zero-order valence-electron chi connectivity index (χ0n) is 18.2. The number of aryl methyl sites for hydroxylation is 1. The Labute approximate surface area is 182 Å². The number of ether oxygens (including phenoxy) is 2. The standard InChI is InChI=1S/C23H29N5O3/c1-3-31-19-8-6-17(7-9-19)4-5-18-10-12-27(13-11-18)22-20-14-26-28(15-21(29)30-2)23(20)25-16-24-22/h6-9,14,16,18H,3-5,10-13,15H2,1-2H3. The molecular weight excluding hydrogens is 394 g/mol. The molecule has 8 nitrogen and oxygen atoms in total.